The van der Waals surface area contributed by atoms with Crippen LogP contribution in [-0.4, -0.2) is 69.6 Å². The lowest BCUT2D eigenvalue weighted by molar-refractivity contribution is -0.384. The summed E-state index contributed by atoms with van der Waals surface area (Å²) >= 11 is 0. The number of nitrogens with one attached hydrogen (secondary N) is 1. The van der Waals surface area contributed by atoms with E-state index in [1.165, 1.54) is 12.1 Å². The Morgan fingerprint density at radius 1 is 1.50 bits per heavy atom. The van der Waals surface area contributed by atoms with Crippen molar-refractivity contribution in [1.82, 2.24) is 9.80 Å². The molecule has 2 rings (SSSR count). The van der Waals surface area contributed by atoms with Gasteiger partial charge in [0, 0.05) is 52.2 Å². The van der Waals surface area contributed by atoms with Crippen molar-refractivity contribution in [1.29, 1.82) is 0 Å². The summed E-state index contributed by atoms with van der Waals surface area (Å²) < 4.78 is 28.4. The van der Waals surface area contributed by atoms with Crippen LogP contribution < -0.4 is 10.5 Å². The van der Waals surface area contributed by atoms with Crippen LogP contribution >= 0.6 is 0 Å². The first-order valence-corrected chi connectivity index (χ1v) is 9.47. The van der Waals surface area contributed by atoms with Crippen LogP contribution in [0.25, 0.3) is 0 Å². The van der Waals surface area contributed by atoms with Crippen molar-refractivity contribution in [3.63, 3.8) is 0 Å². The third kappa shape index (κ3) is 5.58. The van der Waals surface area contributed by atoms with Crippen LogP contribution in [0.2, 0.25) is 0 Å². The molecule has 0 unspecified atom stereocenters. The number of hydrogen-bond donors (Lipinski definition) is 2. The molecule has 0 saturated carbocycles. The summed E-state index contributed by atoms with van der Waals surface area (Å²) in [5.74, 6) is 0. The SMILES string of the molecule is CN(C)C=CN1CCO[C@H](CNc2ccc(S(N)(=O)=O)cc2[N+](=O)[O-])C1. The van der Waals surface area contributed by atoms with Crippen LogP contribution in [0, 0.1) is 10.1 Å². The monoisotopic (exact) mass is 385 g/mol. The lowest BCUT2D eigenvalue weighted by Gasteiger charge is -2.32. The Bertz CT molecular complexity index is 781. The van der Waals surface area contributed by atoms with Gasteiger partial charge in [-0.2, -0.15) is 0 Å². The van der Waals surface area contributed by atoms with E-state index < -0.39 is 14.9 Å². The number of nitrogens with two attached hydrogens (primary N) is 1. The standard InChI is InChI=1S/C15H23N5O5S/c1-18(2)5-6-19-7-8-25-12(11-19)10-17-14-4-3-13(26(16,23)24)9-15(14)20(21)22/h3-6,9,12,17H,7-8,10-11H2,1-2H3,(H2,16,23,24)/t12-/m1/s1. The predicted molar refractivity (Wildman–Crippen MR) is 97.1 cm³/mol. The van der Waals surface area contributed by atoms with Crippen molar-refractivity contribution in [2.45, 2.75) is 11.0 Å². The third-order valence-corrected chi connectivity index (χ3v) is 4.67. The molecule has 1 saturated heterocycles. The van der Waals surface area contributed by atoms with E-state index in [0.29, 0.717) is 19.7 Å². The molecule has 0 radical (unpaired) electrons. The predicted octanol–water partition coefficient (Wildman–Crippen LogP) is 0.388. The summed E-state index contributed by atoms with van der Waals surface area (Å²) in [5, 5.41) is 19.2. The van der Waals surface area contributed by atoms with Crippen LogP contribution in [-0.2, 0) is 14.8 Å². The molecule has 3 N–H and O–H groups in total. The van der Waals surface area contributed by atoms with Gasteiger partial charge in [0.05, 0.1) is 22.5 Å². The van der Waals surface area contributed by atoms with Crippen LogP contribution in [0.5, 0.6) is 0 Å². The van der Waals surface area contributed by atoms with Gasteiger partial charge < -0.3 is 19.9 Å². The Balaban J connectivity index is 2.05. The van der Waals surface area contributed by atoms with E-state index in [0.717, 1.165) is 12.6 Å². The fourth-order valence-electron chi connectivity index (χ4n) is 2.44. The maximum Gasteiger partial charge on any atom is 0.293 e. The Labute approximate surface area is 152 Å². The van der Waals surface area contributed by atoms with Gasteiger partial charge in [0.2, 0.25) is 10.0 Å². The molecule has 0 aromatic heterocycles. The van der Waals surface area contributed by atoms with Gasteiger partial charge in [0.25, 0.3) is 5.69 Å². The zero-order valence-electron chi connectivity index (χ0n) is 14.7. The van der Waals surface area contributed by atoms with E-state index in [4.69, 9.17) is 9.88 Å². The van der Waals surface area contributed by atoms with Crippen molar-refractivity contribution in [3.05, 3.63) is 40.7 Å². The highest BCUT2D eigenvalue weighted by atomic mass is 32.2. The van der Waals surface area contributed by atoms with Crippen LogP contribution in [0.4, 0.5) is 11.4 Å². The molecule has 1 aliphatic heterocycles. The van der Waals surface area contributed by atoms with Crippen molar-refractivity contribution < 1.29 is 18.1 Å². The highest BCUT2D eigenvalue weighted by Gasteiger charge is 2.22. The van der Waals surface area contributed by atoms with E-state index >= 15 is 0 Å². The van der Waals surface area contributed by atoms with E-state index in [9.17, 15) is 18.5 Å². The number of ether oxygens (including phenoxy) is 1. The summed E-state index contributed by atoms with van der Waals surface area (Å²) in [6.45, 7) is 2.31. The number of nitro benzene ring substituents is 1. The number of primary sulfonamides is 1. The molecule has 0 amide bonds. The van der Waals surface area contributed by atoms with Gasteiger partial charge in [0.15, 0.2) is 0 Å². The van der Waals surface area contributed by atoms with Gasteiger partial charge in [-0.3, -0.25) is 10.1 Å². The topological polar surface area (TPSA) is 131 Å². The van der Waals surface area contributed by atoms with Crippen molar-refractivity contribution in [3.8, 4) is 0 Å². The average Bonchev–Trinajstić information content (AvgIpc) is 2.57. The maximum atomic E-state index is 11.4. The van der Waals surface area contributed by atoms with E-state index in [1.807, 2.05) is 31.4 Å². The Morgan fingerprint density at radius 3 is 2.85 bits per heavy atom. The molecule has 1 atom stereocenters. The van der Waals surface area contributed by atoms with Gasteiger partial charge in [0.1, 0.15) is 5.69 Å². The number of anilines is 1. The zero-order valence-corrected chi connectivity index (χ0v) is 15.5. The van der Waals surface area contributed by atoms with Crippen LogP contribution in [0.15, 0.2) is 35.5 Å². The van der Waals surface area contributed by atoms with Crippen molar-refractivity contribution in [2.75, 3.05) is 45.7 Å². The number of nitrogens with zero attached hydrogens (tertiary/aromatic N) is 3. The fourth-order valence-corrected chi connectivity index (χ4v) is 2.98. The molecular formula is C15H23N5O5S. The average molecular weight is 385 g/mol. The summed E-state index contributed by atoms with van der Waals surface area (Å²) in [7, 11) is -0.145. The Hall–Kier alpha value is -2.37. The van der Waals surface area contributed by atoms with Gasteiger partial charge in [-0.1, -0.05) is 0 Å². The maximum absolute atomic E-state index is 11.4. The molecular weight excluding hydrogens is 362 g/mol. The molecule has 1 aromatic carbocycles. The third-order valence-electron chi connectivity index (χ3n) is 3.76. The molecule has 10 nitrogen and oxygen atoms in total. The first kappa shape index (κ1) is 19.9. The lowest BCUT2D eigenvalue weighted by Crippen LogP contribution is -2.42. The second kappa shape index (κ2) is 8.34. The number of benzene rings is 1. The van der Waals surface area contributed by atoms with Crippen molar-refractivity contribution >= 4 is 21.4 Å². The minimum atomic E-state index is -4.01. The molecule has 0 aliphatic carbocycles. The van der Waals surface area contributed by atoms with Gasteiger partial charge >= 0.3 is 0 Å². The summed E-state index contributed by atoms with van der Waals surface area (Å²) in [6.07, 6.45) is 3.75. The first-order chi connectivity index (χ1) is 12.2. The summed E-state index contributed by atoms with van der Waals surface area (Å²) in [6, 6.07) is 3.52. The molecule has 26 heavy (non-hydrogen) atoms. The van der Waals surface area contributed by atoms with Gasteiger partial charge in [-0.15, -0.1) is 0 Å². The number of morpholine rings is 1. The van der Waals surface area contributed by atoms with Crippen LogP contribution in [0.3, 0.4) is 0 Å². The van der Waals surface area contributed by atoms with Crippen LogP contribution in [0.1, 0.15) is 0 Å². The van der Waals surface area contributed by atoms with E-state index in [1.54, 1.807) is 0 Å². The molecule has 0 bridgehead atoms. The van der Waals surface area contributed by atoms with E-state index in [2.05, 4.69) is 10.2 Å². The van der Waals surface area contributed by atoms with Gasteiger partial charge in [-0.25, -0.2) is 13.6 Å². The number of sulfonamides is 1. The quantitative estimate of drug-likeness (QED) is 0.509. The highest BCUT2D eigenvalue weighted by molar-refractivity contribution is 7.89. The number of rotatable bonds is 7. The smallest absolute Gasteiger partial charge is 0.293 e. The molecule has 1 aromatic rings. The highest BCUT2D eigenvalue weighted by Crippen LogP contribution is 2.27. The number of hydrogen-bond acceptors (Lipinski definition) is 8. The summed E-state index contributed by atoms with van der Waals surface area (Å²) in [5.41, 5.74) is -0.136. The minimum absolute atomic E-state index is 0.159. The lowest BCUT2D eigenvalue weighted by atomic mass is 10.2. The molecule has 1 aliphatic rings. The Kier molecular flexibility index (Phi) is 6.40. The molecule has 1 fully saturated rings. The molecule has 1 heterocycles. The normalized spacial score (nSPS) is 18.1. The molecule has 144 valence electrons. The fraction of sp³-hybridized carbons (Fsp3) is 0.467. The number of nitro groups is 1. The first-order valence-electron chi connectivity index (χ1n) is 7.92. The van der Waals surface area contributed by atoms with Crippen molar-refractivity contribution in [2.24, 2.45) is 5.14 Å². The van der Waals surface area contributed by atoms with E-state index in [-0.39, 0.29) is 22.4 Å². The second-order valence-corrected chi connectivity index (χ2v) is 7.67. The largest absolute Gasteiger partial charge is 0.382 e. The second-order valence-electron chi connectivity index (χ2n) is 6.11. The minimum Gasteiger partial charge on any atom is -0.382 e. The van der Waals surface area contributed by atoms with Gasteiger partial charge in [-0.05, 0) is 12.1 Å². The Morgan fingerprint density at radius 2 is 2.23 bits per heavy atom. The summed E-state index contributed by atoms with van der Waals surface area (Å²) in [4.78, 5) is 14.3. The molecule has 11 heteroatoms. The zero-order chi connectivity index (χ0) is 19.3. The molecule has 0 spiro atoms.